The molecule has 0 aromatic heterocycles. The van der Waals surface area contributed by atoms with E-state index in [2.05, 4.69) is 0 Å². The molecule has 0 fully saturated rings. The Labute approximate surface area is 130 Å². The molecule has 0 N–H and O–H groups in total. The Morgan fingerprint density at radius 3 is 2.00 bits per heavy atom. The van der Waals surface area contributed by atoms with Crippen LogP contribution in [0.4, 0.5) is 16.2 Å². The number of rotatable bonds is 2. The van der Waals surface area contributed by atoms with Gasteiger partial charge >= 0.3 is 5.37 Å². The van der Waals surface area contributed by atoms with Gasteiger partial charge in [-0.25, -0.2) is 0 Å². The lowest BCUT2D eigenvalue weighted by Crippen LogP contribution is -2.19. The van der Waals surface area contributed by atoms with Crippen LogP contribution in [0, 0.1) is 0 Å². The van der Waals surface area contributed by atoms with Crippen molar-refractivity contribution in [1.29, 1.82) is 0 Å². The highest BCUT2D eigenvalue weighted by atomic mass is 35.5. The van der Waals surface area contributed by atoms with E-state index in [1.807, 2.05) is 0 Å². The van der Waals surface area contributed by atoms with Gasteiger partial charge in [0, 0.05) is 10.0 Å². The molecule has 0 saturated heterocycles. The summed E-state index contributed by atoms with van der Waals surface area (Å²) >= 11 is 23.4. The van der Waals surface area contributed by atoms with Gasteiger partial charge in [-0.15, -0.1) is 0 Å². The number of benzene rings is 2. The summed E-state index contributed by atoms with van der Waals surface area (Å²) in [6.45, 7) is 0. The van der Waals surface area contributed by atoms with Crippen molar-refractivity contribution in [3.8, 4) is 0 Å². The predicted octanol–water partition coefficient (Wildman–Crippen LogP) is 6.14. The van der Waals surface area contributed by atoms with Crippen molar-refractivity contribution in [3.05, 3.63) is 57.5 Å². The fourth-order valence-corrected chi connectivity index (χ4v) is 2.40. The minimum atomic E-state index is -0.674. The molecule has 0 atom stereocenters. The first-order valence-electron chi connectivity index (χ1n) is 5.19. The maximum Gasteiger partial charge on any atom is 0.325 e. The molecule has 2 aromatic carbocycles. The van der Waals surface area contributed by atoms with Gasteiger partial charge in [0.1, 0.15) is 0 Å². The Morgan fingerprint density at radius 1 is 0.895 bits per heavy atom. The van der Waals surface area contributed by atoms with Crippen molar-refractivity contribution in [1.82, 2.24) is 0 Å². The number of anilines is 2. The van der Waals surface area contributed by atoms with E-state index in [-0.39, 0.29) is 0 Å². The number of carbonyl (C=O) groups is 1. The Hall–Kier alpha value is -0.930. The second-order valence-electron chi connectivity index (χ2n) is 3.66. The van der Waals surface area contributed by atoms with Crippen LogP contribution in [0.5, 0.6) is 0 Å². The largest absolute Gasteiger partial charge is 0.325 e. The number of halogens is 4. The lowest BCUT2D eigenvalue weighted by Gasteiger charge is -2.21. The first-order chi connectivity index (χ1) is 8.99. The molecular weight excluding hydrogens is 328 g/mol. The van der Waals surface area contributed by atoms with E-state index in [4.69, 9.17) is 46.4 Å². The van der Waals surface area contributed by atoms with E-state index in [9.17, 15) is 4.79 Å². The highest BCUT2D eigenvalue weighted by Crippen LogP contribution is 2.35. The van der Waals surface area contributed by atoms with Gasteiger partial charge in [0.05, 0.1) is 16.4 Å². The molecule has 0 unspecified atom stereocenters. The standard InChI is InChI=1S/C13H7Cl4NO/c14-8-1-4-10(5-2-8)18(13(17)19)12-6-3-9(15)7-11(12)16/h1-7H. The first kappa shape index (κ1) is 14.5. The van der Waals surface area contributed by atoms with Gasteiger partial charge in [-0.3, -0.25) is 9.69 Å². The van der Waals surface area contributed by atoms with Crippen LogP contribution in [0.3, 0.4) is 0 Å². The molecule has 2 rings (SSSR count). The number of hydrogen-bond acceptors (Lipinski definition) is 1. The Kier molecular flexibility index (Phi) is 4.58. The fraction of sp³-hybridized carbons (Fsp3) is 0. The van der Waals surface area contributed by atoms with E-state index < -0.39 is 5.37 Å². The van der Waals surface area contributed by atoms with Crippen LogP contribution in [0.25, 0.3) is 0 Å². The van der Waals surface area contributed by atoms with E-state index in [0.29, 0.717) is 26.4 Å². The highest BCUT2D eigenvalue weighted by molar-refractivity contribution is 6.67. The van der Waals surface area contributed by atoms with E-state index in [1.54, 1.807) is 42.5 Å². The Bertz CT molecular complexity index is 613. The number of nitrogens with zero attached hydrogens (tertiary/aromatic N) is 1. The van der Waals surface area contributed by atoms with Gasteiger partial charge in [-0.1, -0.05) is 34.8 Å². The van der Waals surface area contributed by atoms with Crippen LogP contribution >= 0.6 is 46.4 Å². The average molecular weight is 335 g/mol. The van der Waals surface area contributed by atoms with Gasteiger partial charge in [-0.05, 0) is 54.1 Å². The molecule has 0 aliphatic heterocycles. The molecule has 1 amide bonds. The van der Waals surface area contributed by atoms with Crippen LogP contribution in [-0.2, 0) is 0 Å². The summed E-state index contributed by atoms with van der Waals surface area (Å²) in [5, 5.41) is 0.697. The molecule has 0 spiro atoms. The zero-order valence-electron chi connectivity index (χ0n) is 9.41. The summed E-state index contributed by atoms with van der Waals surface area (Å²) < 4.78 is 0. The smallest absolute Gasteiger partial charge is 0.266 e. The lowest BCUT2D eigenvalue weighted by atomic mass is 10.2. The third-order valence-corrected chi connectivity index (χ3v) is 3.37. The molecule has 2 nitrogen and oxygen atoms in total. The van der Waals surface area contributed by atoms with Crippen LogP contribution < -0.4 is 4.90 Å². The predicted molar refractivity (Wildman–Crippen MR) is 81.3 cm³/mol. The van der Waals surface area contributed by atoms with Gasteiger partial charge in [0.2, 0.25) is 0 Å². The van der Waals surface area contributed by atoms with Crippen molar-refractivity contribution in [2.45, 2.75) is 0 Å². The van der Waals surface area contributed by atoms with E-state index in [0.717, 1.165) is 0 Å². The van der Waals surface area contributed by atoms with Gasteiger partial charge in [0.25, 0.3) is 0 Å². The second-order valence-corrected chi connectivity index (χ2v) is 5.26. The van der Waals surface area contributed by atoms with Gasteiger partial charge in [-0.2, -0.15) is 0 Å². The molecule has 0 heterocycles. The highest BCUT2D eigenvalue weighted by Gasteiger charge is 2.18. The second kappa shape index (κ2) is 6.02. The summed E-state index contributed by atoms with van der Waals surface area (Å²) in [7, 11) is 0. The number of carbonyl (C=O) groups excluding carboxylic acids is 1. The summed E-state index contributed by atoms with van der Waals surface area (Å²) in [5.41, 5.74) is 1.02. The summed E-state index contributed by atoms with van der Waals surface area (Å²) in [4.78, 5) is 12.9. The summed E-state index contributed by atoms with van der Waals surface area (Å²) in [6.07, 6.45) is 0. The molecule has 0 aliphatic rings. The molecule has 19 heavy (non-hydrogen) atoms. The molecule has 0 aliphatic carbocycles. The van der Waals surface area contributed by atoms with E-state index in [1.165, 1.54) is 4.90 Å². The lowest BCUT2D eigenvalue weighted by molar-refractivity contribution is 0.266. The maximum atomic E-state index is 11.6. The van der Waals surface area contributed by atoms with E-state index >= 15 is 0 Å². The third kappa shape index (κ3) is 3.34. The average Bonchev–Trinajstić information content (AvgIpc) is 2.34. The molecule has 0 radical (unpaired) electrons. The van der Waals surface area contributed by atoms with Gasteiger partial charge in [0.15, 0.2) is 0 Å². The topological polar surface area (TPSA) is 20.3 Å². The molecule has 0 bridgehead atoms. The molecule has 2 aromatic rings. The minimum Gasteiger partial charge on any atom is -0.266 e. The van der Waals surface area contributed by atoms with Crippen LogP contribution in [0.15, 0.2) is 42.5 Å². The minimum absolute atomic E-state index is 0.330. The molecular formula is C13H7Cl4NO. The molecule has 6 heteroatoms. The first-order valence-corrected chi connectivity index (χ1v) is 6.70. The van der Waals surface area contributed by atoms with Crippen LogP contribution in [-0.4, -0.2) is 5.37 Å². The Morgan fingerprint density at radius 2 is 1.47 bits per heavy atom. The SMILES string of the molecule is O=C(Cl)N(c1ccc(Cl)cc1)c1ccc(Cl)cc1Cl. The zero-order chi connectivity index (χ0) is 14.0. The summed E-state index contributed by atoms with van der Waals surface area (Å²) in [5.74, 6) is 0. The fourth-order valence-electron chi connectivity index (χ4n) is 1.59. The van der Waals surface area contributed by atoms with Crippen molar-refractivity contribution < 1.29 is 4.79 Å². The van der Waals surface area contributed by atoms with Gasteiger partial charge < -0.3 is 0 Å². The maximum absolute atomic E-state index is 11.6. The molecule has 98 valence electrons. The van der Waals surface area contributed by atoms with Crippen molar-refractivity contribution >= 4 is 63.1 Å². The zero-order valence-corrected chi connectivity index (χ0v) is 12.4. The number of amides is 1. The van der Waals surface area contributed by atoms with Crippen LogP contribution in [0.2, 0.25) is 15.1 Å². The van der Waals surface area contributed by atoms with Crippen molar-refractivity contribution in [2.24, 2.45) is 0 Å². The van der Waals surface area contributed by atoms with Crippen molar-refractivity contribution in [2.75, 3.05) is 4.90 Å². The summed E-state index contributed by atoms with van der Waals surface area (Å²) in [6, 6.07) is 11.5. The van der Waals surface area contributed by atoms with Crippen molar-refractivity contribution in [3.63, 3.8) is 0 Å². The monoisotopic (exact) mass is 333 g/mol. The molecule has 0 saturated carbocycles. The number of hydrogen-bond donors (Lipinski definition) is 0. The Balaban J connectivity index is 2.51. The quantitative estimate of drug-likeness (QED) is 0.477. The third-order valence-electron chi connectivity index (χ3n) is 2.41. The van der Waals surface area contributed by atoms with Crippen LogP contribution in [0.1, 0.15) is 0 Å². The normalized spacial score (nSPS) is 10.3.